The number of anilines is 1. The van der Waals surface area contributed by atoms with E-state index in [9.17, 15) is 18.0 Å². The fraction of sp³-hybridized carbons (Fsp3) is 0.391. The number of carbonyl (C=O) groups excluding carboxylic acids is 1. The van der Waals surface area contributed by atoms with Crippen molar-refractivity contribution in [2.45, 2.75) is 19.0 Å². The zero-order valence-corrected chi connectivity index (χ0v) is 17.6. The highest BCUT2D eigenvalue weighted by Gasteiger charge is 2.31. The lowest BCUT2D eigenvalue weighted by atomic mass is 10.1. The van der Waals surface area contributed by atoms with Crippen molar-refractivity contribution in [1.82, 2.24) is 15.2 Å². The van der Waals surface area contributed by atoms with Crippen LogP contribution in [0.4, 0.5) is 23.8 Å². The number of terminal acetylenes is 1. The minimum absolute atomic E-state index is 0.152. The molecule has 6 nitrogen and oxygen atoms in total. The number of rotatable bonds is 6. The van der Waals surface area contributed by atoms with Crippen LogP contribution in [0, 0.1) is 12.3 Å². The van der Waals surface area contributed by atoms with Gasteiger partial charge in [-0.2, -0.15) is 13.2 Å². The van der Waals surface area contributed by atoms with Crippen LogP contribution in [-0.2, 0) is 12.6 Å². The van der Waals surface area contributed by atoms with Crippen molar-refractivity contribution < 1.29 is 22.7 Å². The first-order chi connectivity index (χ1) is 15.4. The molecule has 0 spiro atoms. The van der Waals surface area contributed by atoms with E-state index < -0.39 is 11.7 Å². The molecule has 2 heterocycles. The summed E-state index contributed by atoms with van der Waals surface area (Å²) < 4.78 is 43.5. The van der Waals surface area contributed by atoms with Crippen molar-refractivity contribution in [3.8, 4) is 18.1 Å². The fourth-order valence-corrected chi connectivity index (χ4v) is 3.39. The van der Waals surface area contributed by atoms with Crippen molar-refractivity contribution in [1.29, 1.82) is 0 Å². The summed E-state index contributed by atoms with van der Waals surface area (Å²) in [5.41, 5.74) is 0.292. The maximum absolute atomic E-state index is 12.7. The summed E-state index contributed by atoms with van der Waals surface area (Å²) in [5, 5.41) is 2.93. The van der Waals surface area contributed by atoms with Gasteiger partial charge in [0.25, 0.3) is 0 Å². The lowest BCUT2D eigenvalue weighted by molar-refractivity contribution is -0.137. The van der Waals surface area contributed by atoms with E-state index >= 15 is 0 Å². The summed E-state index contributed by atoms with van der Waals surface area (Å²) in [5.74, 6) is 3.59. The minimum Gasteiger partial charge on any atom is -0.481 e. The number of amides is 2. The van der Waals surface area contributed by atoms with Gasteiger partial charge in [0.1, 0.15) is 18.2 Å². The maximum atomic E-state index is 12.7. The lowest BCUT2D eigenvalue weighted by Gasteiger charge is -2.23. The molecule has 0 radical (unpaired) electrons. The van der Waals surface area contributed by atoms with Gasteiger partial charge in [-0.1, -0.05) is 18.1 Å². The molecule has 1 fully saturated rings. The van der Waals surface area contributed by atoms with Crippen LogP contribution in [0.25, 0.3) is 0 Å². The van der Waals surface area contributed by atoms with E-state index in [2.05, 4.69) is 16.2 Å². The molecule has 9 heteroatoms. The highest BCUT2D eigenvalue weighted by molar-refractivity contribution is 5.74. The largest absolute Gasteiger partial charge is 0.481 e. The molecule has 1 aromatic carbocycles. The molecule has 0 bridgehead atoms. The molecule has 0 aliphatic carbocycles. The molecule has 32 heavy (non-hydrogen) atoms. The average Bonchev–Trinajstić information content (AvgIpc) is 3.04. The van der Waals surface area contributed by atoms with E-state index in [4.69, 9.17) is 11.2 Å². The normalized spacial score (nSPS) is 14.4. The smallest absolute Gasteiger partial charge is 0.417 e. The van der Waals surface area contributed by atoms with E-state index in [-0.39, 0.29) is 12.6 Å². The molecular formula is C23H25F3N4O2. The Morgan fingerprint density at radius 2 is 1.91 bits per heavy atom. The third kappa shape index (κ3) is 6.54. The van der Waals surface area contributed by atoms with Crippen LogP contribution < -0.4 is 15.0 Å². The van der Waals surface area contributed by atoms with Crippen LogP contribution in [0.1, 0.15) is 17.5 Å². The summed E-state index contributed by atoms with van der Waals surface area (Å²) in [7, 11) is 0. The first-order valence-corrected chi connectivity index (χ1v) is 10.3. The molecule has 0 saturated carbocycles. The Bertz CT molecular complexity index is 924. The van der Waals surface area contributed by atoms with Crippen molar-refractivity contribution in [2.24, 2.45) is 0 Å². The standard InChI is InChI=1S/C23H25F3N4O2/c1-2-16-32-20-7-4-18(5-8-20)10-11-27-22(31)30-13-3-12-29(14-15-30)21-9-6-19(17-28-21)23(24,25)26/h1,4-9,17H,3,10-16H2,(H,27,31). The van der Waals surface area contributed by atoms with Gasteiger partial charge in [0.05, 0.1) is 5.56 Å². The molecule has 1 saturated heterocycles. The number of nitrogens with zero attached hydrogens (tertiary/aromatic N) is 3. The predicted molar refractivity (Wildman–Crippen MR) is 116 cm³/mol. The number of ether oxygens (including phenoxy) is 1. The van der Waals surface area contributed by atoms with Gasteiger partial charge >= 0.3 is 12.2 Å². The summed E-state index contributed by atoms with van der Waals surface area (Å²) in [4.78, 5) is 20.1. The van der Waals surface area contributed by atoms with Crippen LogP contribution in [0.2, 0.25) is 0 Å². The molecule has 1 aliphatic heterocycles. The minimum atomic E-state index is -4.41. The number of aromatic nitrogens is 1. The first kappa shape index (κ1) is 23.3. The molecule has 1 aromatic heterocycles. The molecule has 1 aliphatic rings. The second-order valence-electron chi connectivity index (χ2n) is 7.35. The maximum Gasteiger partial charge on any atom is 0.417 e. The Labute approximate surface area is 185 Å². The van der Waals surface area contributed by atoms with Crippen LogP contribution in [-0.4, -0.2) is 55.2 Å². The second-order valence-corrected chi connectivity index (χ2v) is 7.35. The van der Waals surface area contributed by atoms with Gasteiger partial charge in [-0.05, 0) is 42.7 Å². The Morgan fingerprint density at radius 1 is 1.12 bits per heavy atom. The van der Waals surface area contributed by atoms with E-state index in [0.29, 0.717) is 57.1 Å². The molecule has 1 N–H and O–H groups in total. The molecular weight excluding hydrogens is 421 g/mol. The van der Waals surface area contributed by atoms with Crippen molar-refractivity contribution in [2.75, 3.05) is 44.2 Å². The van der Waals surface area contributed by atoms with Gasteiger partial charge in [-0.25, -0.2) is 9.78 Å². The van der Waals surface area contributed by atoms with Gasteiger partial charge in [-0.15, -0.1) is 6.42 Å². The topological polar surface area (TPSA) is 57.7 Å². The van der Waals surface area contributed by atoms with Crippen LogP contribution in [0.15, 0.2) is 42.6 Å². The number of carbonyl (C=O) groups is 1. The molecule has 0 unspecified atom stereocenters. The molecule has 170 valence electrons. The van der Waals surface area contributed by atoms with E-state index in [1.807, 2.05) is 29.2 Å². The molecule has 0 atom stereocenters. The summed E-state index contributed by atoms with van der Waals surface area (Å²) in [6, 6.07) is 9.80. The van der Waals surface area contributed by atoms with Crippen molar-refractivity contribution >= 4 is 11.8 Å². The highest BCUT2D eigenvalue weighted by atomic mass is 19.4. The number of nitrogens with one attached hydrogen (secondary N) is 1. The molecule has 3 rings (SSSR count). The first-order valence-electron chi connectivity index (χ1n) is 10.3. The molecule has 2 aromatic rings. The average molecular weight is 446 g/mol. The second kappa shape index (κ2) is 10.8. The lowest BCUT2D eigenvalue weighted by Crippen LogP contribution is -2.42. The van der Waals surface area contributed by atoms with Gasteiger partial charge in [-0.3, -0.25) is 0 Å². The highest BCUT2D eigenvalue weighted by Crippen LogP contribution is 2.29. The Hall–Kier alpha value is -3.41. The summed E-state index contributed by atoms with van der Waals surface area (Å²) in [6.45, 7) is 2.88. The van der Waals surface area contributed by atoms with Gasteiger partial charge in [0, 0.05) is 38.9 Å². The SMILES string of the molecule is C#CCOc1ccc(CCNC(=O)N2CCCN(c3ccc(C(F)(F)F)cn3)CC2)cc1. The van der Waals surface area contributed by atoms with Crippen LogP contribution in [0.5, 0.6) is 5.75 Å². The number of hydrogen-bond donors (Lipinski definition) is 1. The van der Waals surface area contributed by atoms with Crippen LogP contribution >= 0.6 is 0 Å². The Kier molecular flexibility index (Phi) is 7.82. The number of pyridine rings is 1. The summed E-state index contributed by atoms with van der Waals surface area (Å²) >= 11 is 0. The van der Waals surface area contributed by atoms with Crippen LogP contribution in [0.3, 0.4) is 0 Å². The number of urea groups is 1. The number of alkyl halides is 3. The zero-order valence-electron chi connectivity index (χ0n) is 17.6. The number of halogens is 3. The third-order valence-electron chi connectivity index (χ3n) is 5.12. The zero-order chi connectivity index (χ0) is 23.0. The van der Waals surface area contributed by atoms with Crippen molar-refractivity contribution in [3.05, 3.63) is 53.7 Å². The van der Waals surface area contributed by atoms with Crippen molar-refractivity contribution in [3.63, 3.8) is 0 Å². The number of hydrogen-bond acceptors (Lipinski definition) is 4. The third-order valence-corrected chi connectivity index (χ3v) is 5.12. The quantitative estimate of drug-likeness (QED) is 0.690. The summed E-state index contributed by atoms with van der Waals surface area (Å²) in [6.07, 6.45) is 2.99. The number of benzene rings is 1. The fourth-order valence-electron chi connectivity index (χ4n) is 3.39. The van der Waals surface area contributed by atoms with E-state index in [1.165, 1.54) is 6.07 Å². The molecule has 2 amide bonds. The van der Waals surface area contributed by atoms with Gasteiger partial charge in [0.15, 0.2) is 0 Å². The van der Waals surface area contributed by atoms with E-state index in [0.717, 1.165) is 17.8 Å². The Balaban J connectivity index is 1.44. The van der Waals surface area contributed by atoms with Gasteiger partial charge in [0.2, 0.25) is 0 Å². The Morgan fingerprint density at radius 3 is 2.56 bits per heavy atom. The predicted octanol–water partition coefficient (Wildman–Crippen LogP) is 3.58. The van der Waals surface area contributed by atoms with Gasteiger partial charge < -0.3 is 19.9 Å². The monoisotopic (exact) mass is 446 g/mol. The van der Waals surface area contributed by atoms with E-state index in [1.54, 1.807) is 4.90 Å².